The van der Waals surface area contributed by atoms with Crippen molar-refractivity contribution in [1.29, 1.82) is 0 Å². The molecule has 1 aromatic rings. The van der Waals surface area contributed by atoms with Gasteiger partial charge >= 0.3 is 0 Å². The van der Waals surface area contributed by atoms with Gasteiger partial charge in [0.2, 0.25) is 5.91 Å². The molecule has 1 saturated heterocycles. The van der Waals surface area contributed by atoms with E-state index in [0.29, 0.717) is 11.6 Å². The number of carbonyl (C=O) groups is 2. The summed E-state index contributed by atoms with van der Waals surface area (Å²) in [6.45, 7) is 0.762. The highest BCUT2D eigenvalue weighted by Gasteiger charge is 2.40. The van der Waals surface area contributed by atoms with Gasteiger partial charge in [0.25, 0.3) is 11.6 Å². The molecule has 2 amide bonds. The summed E-state index contributed by atoms with van der Waals surface area (Å²) in [7, 11) is 0. The van der Waals surface area contributed by atoms with Crippen molar-refractivity contribution >= 4 is 23.2 Å². The summed E-state index contributed by atoms with van der Waals surface area (Å²) in [6, 6.07) is 4.96. The fourth-order valence-electron chi connectivity index (χ4n) is 2.42. The van der Waals surface area contributed by atoms with E-state index in [4.69, 9.17) is 0 Å². The molecule has 1 N–H and O–H groups in total. The first-order valence-electron chi connectivity index (χ1n) is 6.91. The molecule has 7 nitrogen and oxygen atoms in total. The molecular weight excluding hydrogens is 274 g/mol. The molecule has 0 radical (unpaired) electrons. The Bertz CT molecular complexity index is 595. The third-order valence-corrected chi connectivity index (χ3v) is 3.82. The van der Waals surface area contributed by atoms with Gasteiger partial charge in [-0.1, -0.05) is 0 Å². The molecule has 1 aliphatic heterocycles. The predicted octanol–water partition coefficient (Wildman–Crippen LogP) is 1.23. The van der Waals surface area contributed by atoms with Crippen LogP contribution in [-0.2, 0) is 9.59 Å². The molecule has 0 aromatic heterocycles. The van der Waals surface area contributed by atoms with Crippen molar-refractivity contribution < 1.29 is 14.5 Å². The highest BCUT2D eigenvalue weighted by atomic mass is 16.6. The first kappa shape index (κ1) is 13.7. The summed E-state index contributed by atoms with van der Waals surface area (Å²) < 4.78 is 0. The predicted molar refractivity (Wildman–Crippen MR) is 74.7 cm³/mol. The number of amides is 2. The third-order valence-electron chi connectivity index (χ3n) is 3.82. The lowest BCUT2D eigenvalue weighted by Crippen LogP contribution is -2.39. The molecule has 2 fully saturated rings. The Labute approximate surface area is 121 Å². The highest BCUT2D eigenvalue weighted by molar-refractivity contribution is 6.22. The van der Waals surface area contributed by atoms with E-state index >= 15 is 0 Å². The summed E-state index contributed by atoms with van der Waals surface area (Å²) in [5.74, 6) is 0.0676. The minimum atomic E-state index is -0.516. The van der Waals surface area contributed by atoms with E-state index in [9.17, 15) is 19.7 Å². The zero-order valence-corrected chi connectivity index (χ0v) is 11.3. The zero-order valence-electron chi connectivity index (χ0n) is 11.3. The molecule has 7 heteroatoms. The van der Waals surface area contributed by atoms with Gasteiger partial charge < -0.3 is 5.32 Å². The summed E-state index contributed by atoms with van der Waals surface area (Å²) in [4.78, 5) is 35.5. The monoisotopic (exact) mass is 289 g/mol. The SMILES string of the molecule is O=C1C[C@@H](NCC2CC2)C(=O)N1c1ccc([N+](=O)[O-])cc1. The fourth-order valence-corrected chi connectivity index (χ4v) is 2.42. The van der Waals surface area contributed by atoms with E-state index in [1.54, 1.807) is 0 Å². The second-order valence-electron chi connectivity index (χ2n) is 5.45. The van der Waals surface area contributed by atoms with Crippen LogP contribution < -0.4 is 10.2 Å². The molecule has 0 unspecified atom stereocenters. The minimum absolute atomic E-state index is 0.0683. The summed E-state index contributed by atoms with van der Waals surface area (Å²) >= 11 is 0. The molecule has 3 rings (SSSR count). The number of rotatable bonds is 5. The van der Waals surface area contributed by atoms with Crippen molar-refractivity contribution in [2.45, 2.75) is 25.3 Å². The van der Waals surface area contributed by atoms with Gasteiger partial charge in [-0.3, -0.25) is 19.7 Å². The number of carbonyl (C=O) groups excluding carboxylic acids is 2. The van der Waals surface area contributed by atoms with Crippen molar-refractivity contribution in [3.05, 3.63) is 34.4 Å². The van der Waals surface area contributed by atoms with E-state index in [1.807, 2.05) is 0 Å². The standard InChI is InChI=1S/C14H15N3O4/c18-13-7-12(15-8-9-1-2-9)14(19)16(13)10-3-5-11(6-4-10)17(20)21/h3-6,9,12,15H,1-2,7-8H2/t12-/m1/s1. The maximum absolute atomic E-state index is 12.3. The Morgan fingerprint density at radius 1 is 1.24 bits per heavy atom. The van der Waals surface area contributed by atoms with Crippen LogP contribution in [0.15, 0.2) is 24.3 Å². The van der Waals surface area contributed by atoms with Gasteiger partial charge in [0.05, 0.1) is 23.1 Å². The smallest absolute Gasteiger partial charge is 0.269 e. The van der Waals surface area contributed by atoms with Gasteiger partial charge in [-0.25, -0.2) is 4.90 Å². The van der Waals surface area contributed by atoms with Crippen LogP contribution in [0, 0.1) is 16.0 Å². The Hall–Kier alpha value is -2.28. The fraction of sp³-hybridized carbons (Fsp3) is 0.429. The van der Waals surface area contributed by atoms with Gasteiger partial charge in [0, 0.05) is 12.1 Å². The number of non-ortho nitro benzene ring substituents is 1. The Morgan fingerprint density at radius 2 is 1.90 bits per heavy atom. The number of hydrogen-bond donors (Lipinski definition) is 1. The van der Waals surface area contributed by atoms with Crippen LogP contribution in [0.3, 0.4) is 0 Å². The number of nitro benzene ring substituents is 1. The van der Waals surface area contributed by atoms with E-state index in [-0.39, 0.29) is 23.9 Å². The summed E-state index contributed by atoms with van der Waals surface area (Å²) in [5.41, 5.74) is 0.313. The molecule has 1 aromatic carbocycles. The number of nitrogens with one attached hydrogen (secondary N) is 1. The van der Waals surface area contributed by atoms with E-state index < -0.39 is 11.0 Å². The molecule has 1 saturated carbocycles. The third kappa shape index (κ3) is 2.78. The average molecular weight is 289 g/mol. The lowest BCUT2D eigenvalue weighted by atomic mass is 10.2. The van der Waals surface area contributed by atoms with Gasteiger partial charge in [-0.2, -0.15) is 0 Å². The van der Waals surface area contributed by atoms with Gasteiger partial charge in [-0.05, 0) is 37.4 Å². The lowest BCUT2D eigenvalue weighted by molar-refractivity contribution is -0.384. The van der Waals surface area contributed by atoms with Gasteiger partial charge in [0.1, 0.15) is 0 Å². The second-order valence-corrected chi connectivity index (χ2v) is 5.45. The first-order chi connectivity index (χ1) is 10.1. The number of imide groups is 1. The maximum Gasteiger partial charge on any atom is 0.269 e. The molecule has 1 atom stereocenters. The van der Waals surface area contributed by atoms with Crippen LogP contribution in [0.2, 0.25) is 0 Å². The molecule has 110 valence electrons. The average Bonchev–Trinajstić information content (AvgIpc) is 3.23. The molecule has 0 spiro atoms. The number of hydrogen-bond acceptors (Lipinski definition) is 5. The molecule has 0 bridgehead atoms. The Balaban J connectivity index is 1.72. The second kappa shape index (κ2) is 5.25. The van der Waals surface area contributed by atoms with Crippen LogP contribution in [0.5, 0.6) is 0 Å². The Kier molecular flexibility index (Phi) is 3.42. The maximum atomic E-state index is 12.3. The van der Waals surface area contributed by atoms with Crippen LogP contribution in [-0.4, -0.2) is 29.3 Å². The zero-order chi connectivity index (χ0) is 15.0. The largest absolute Gasteiger partial charge is 0.305 e. The van der Waals surface area contributed by atoms with E-state index in [0.717, 1.165) is 11.4 Å². The van der Waals surface area contributed by atoms with Crippen LogP contribution >= 0.6 is 0 Å². The molecule has 1 heterocycles. The number of nitrogens with zero attached hydrogens (tertiary/aromatic N) is 2. The van der Waals surface area contributed by atoms with Gasteiger partial charge in [0.15, 0.2) is 0 Å². The van der Waals surface area contributed by atoms with Crippen molar-refractivity contribution in [2.24, 2.45) is 5.92 Å². The number of nitro groups is 1. The van der Waals surface area contributed by atoms with Gasteiger partial charge in [-0.15, -0.1) is 0 Å². The van der Waals surface area contributed by atoms with Crippen molar-refractivity contribution in [2.75, 3.05) is 11.4 Å². The van der Waals surface area contributed by atoms with Crippen molar-refractivity contribution in [1.82, 2.24) is 5.32 Å². The van der Waals surface area contributed by atoms with Crippen LogP contribution in [0.4, 0.5) is 11.4 Å². The van der Waals surface area contributed by atoms with E-state index in [1.165, 1.54) is 37.1 Å². The number of anilines is 1. The molecular formula is C14H15N3O4. The van der Waals surface area contributed by atoms with Crippen LogP contribution in [0.25, 0.3) is 0 Å². The summed E-state index contributed by atoms with van der Waals surface area (Å²) in [5, 5.41) is 13.7. The minimum Gasteiger partial charge on any atom is -0.305 e. The van der Waals surface area contributed by atoms with E-state index in [2.05, 4.69) is 5.32 Å². The van der Waals surface area contributed by atoms with Crippen molar-refractivity contribution in [3.63, 3.8) is 0 Å². The normalized spacial score (nSPS) is 21.9. The first-order valence-corrected chi connectivity index (χ1v) is 6.91. The quantitative estimate of drug-likeness (QED) is 0.500. The molecule has 2 aliphatic rings. The highest BCUT2D eigenvalue weighted by Crippen LogP contribution is 2.29. The Morgan fingerprint density at radius 3 is 2.48 bits per heavy atom. The summed E-state index contributed by atoms with van der Waals surface area (Å²) in [6.07, 6.45) is 2.49. The molecule has 1 aliphatic carbocycles. The topological polar surface area (TPSA) is 92.6 Å². The molecule has 21 heavy (non-hydrogen) atoms. The lowest BCUT2D eigenvalue weighted by Gasteiger charge is -2.15. The number of benzene rings is 1. The van der Waals surface area contributed by atoms with Crippen molar-refractivity contribution in [3.8, 4) is 0 Å². The van der Waals surface area contributed by atoms with Crippen LogP contribution in [0.1, 0.15) is 19.3 Å².